The number of amides is 1. The molecule has 3 aromatic rings. The number of aromatic nitrogens is 2. The zero-order valence-electron chi connectivity index (χ0n) is 14.0. The molecule has 2 heterocycles. The van der Waals surface area contributed by atoms with Gasteiger partial charge in [-0.2, -0.15) is 5.10 Å². The van der Waals surface area contributed by atoms with Crippen molar-refractivity contribution in [2.75, 3.05) is 7.05 Å². The molecule has 128 valence electrons. The van der Waals surface area contributed by atoms with Gasteiger partial charge in [0.2, 0.25) is 5.91 Å². The van der Waals surface area contributed by atoms with Crippen molar-refractivity contribution in [1.29, 1.82) is 0 Å². The number of benzene rings is 1. The van der Waals surface area contributed by atoms with Crippen LogP contribution in [-0.2, 0) is 18.4 Å². The zero-order chi connectivity index (χ0) is 17.8. The lowest BCUT2D eigenvalue weighted by molar-refractivity contribution is -0.125. The first-order valence-electron chi connectivity index (χ1n) is 7.78. The van der Waals surface area contributed by atoms with Gasteiger partial charge in [0.15, 0.2) is 0 Å². The van der Waals surface area contributed by atoms with Gasteiger partial charge in [0.1, 0.15) is 5.82 Å². The van der Waals surface area contributed by atoms with E-state index in [9.17, 15) is 9.18 Å². The Morgan fingerprint density at radius 1 is 1.32 bits per heavy atom. The summed E-state index contributed by atoms with van der Waals surface area (Å²) in [6, 6.07) is 10.4. The topological polar surface area (TPSA) is 38.1 Å². The Morgan fingerprint density at radius 3 is 2.84 bits per heavy atom. The second-order valence-electron chi connectivity index (χ2n) is 5.73. The van der Waals surface area contributed by atoms with Gasteiger partial charge in [-0.15, -0.1) is 11.3 Å². The van der Waals surface area contributed by atoms with Crippen LogP contribution in [-0.4, -0.2) is 27.6 Å². The highest BCUT2D eigenvalue weighted by molar-refractivity contribution is 7.16. The number of aryl methyl sites for hydroxylation is 1. The van der Waals surface area contributed by atoms with Gasteiger partial charge in [-0.25, -0.2) is 4.39 Å². The molecule has 0 aliphatic rings. The number of thiophene rings is 1. The molecule has 6 heteroatoms. The molecule has 3 rings (SSSR count). The number of nitrogens with zero attached hydrogens (tertiary/aromatic N) is 3. The Balaban J connectivity index is 1.66. The van der Waals surface area contributed by atoms with Crippen molar-refractivity contribution in [3.63, 3.8) is 0 Å². The van der Waals surface area contributed by atoms with Gasteiger partial charge >= 0.3 is 0 Å². The van der Waals surface area contributed by atoms with Crippen molar-refractivity contribution in [2.24, 2.45) is 7.05 Å². The van der Waals surface area contributed by atoms with Crippen LogP contribution in [0.15, 0.2) is 54.9 Å². The van der Waals surface area contributed by atoms with E-state index in [-0.39, 0.29) is 11.7 Å². The number of carbonyl (C=O) groups is 1. The van der Waals surface area contributed by atoms with Crippen molar-refractivity contribution >= 4 is 23.3 Å². The highest BCUT2D eigenvalue weighted by Crippen LogP contribution is 2.30. The minimum atomic E-state index is -0.243. The van der Waals surface area contributed by atoms with Gasteiger partial charge in [-0.05, 0) is 24.3 Å². The quantitative estimate of drug-likeness (QED) is 0.650. The monoisotopic (exact) mass is 355 g/mol. The Kier molecular flexibility index (Phi) is 5.09. The average molecular weight is 355 g/mol. The normalized spacial score (nSPS) is 11.2. The summed E-state index contributed by atoms with van der Waals surface area (Å²) < 4.78 is 15.5. The second-order valence-corrected chi connectivity index (χ2v) is 6.85. The molecule has 0 saturated heterocycles. The van der Waals surface area contributed by atoms with Gasteiger partial charge in [0.25, 0.3) is 0 Å². The first-order valence-corrected chi connectivity index (χ1v) is 8.60. The number of carbonyl (C=O) groups excluding carboxylic acids is 1. The smallest absolute Gasteiger partial charge is 0.246 e. The molecule has 0 saturated carbocycles. The number of halogens is 1. The van der Waals surface area contributed by atoms with Gasteiger partial charge < -0.3 is 4.90 Å². The van der Waals surface area contributed by atoms with E-state index in [0.29, 0.717) is 12.1 Å². The fraction of sp³-hybridized carbons (Fsp3) is 0.158. The Hall–Kier alpha value is -2.73. The van der Waals surface area contributed by atoms with Gasteiger partial charge in [-0.3, -0.25) is 9.48 Å². The summed E-state index contributed by atoms with van der Waals surface area (Å²) in [4.78, 5) is 15.6. The fourth-order valence-corrected chi connectivity index (χ4v) is 3.37. The molecular formula is C19H18FN3OS. The summed E-state index contributed by atoms with van der Waals surface area (Å²) in [5, 5.41) is 4.09. The minimum Gasteiger partial charge on any atom is -0.338 e. The van der Waals surface area contributed by atoms with E-state index in [4.69, 9.17) is 0 Å². The van der Waals surface area contributed by atoms with Crippen LogP contribution in [0, 0.1) is 5.82 Å². The summed E-state index contributed by atoms with van der Waals surface area (Å²) in [7, 11) is 3.59. The molecule has 0 bridgehead atoms. The predicted molar refractivity (Wildman–Crippen MR) is 98.4 cm³/mol. The largest absolute Gasteiger partial charge is 0.338 e. The SMILES string of the molecule is CN(Cc1cnn(C)c1)C(=O)/C=C/c1ccc(-c2ccccc2F)s1. The van der Waals surface area contributed by atoms with Crippen LogP contribution >= 0.6 is 11.3 Å². The summed E-state index contributed by atoms with van der Waals surface area (Å²) >= 11 is 1.45. The number of hydrogen-bond donors (Lipinski definition) is 0. The van der Waals surface area contributed by atoms with Gasteiger partial charge in [-0.1, -0.05) is 18.2 Å². The molecule has 0 radical (unpaired) electrons. The van der Waals surface area contributed by atoms with E-state index in [0.717, 1.165) is 15.3 Å². The van der Waals surface area contributed by atoms with E-state index in [2.05, 4.69) is 5.10 Å². The van der Waals surface area contributed by atoms with Crippen LogP contribution in [0.5, 0.6) is 0 Å². The Labute approximate surface area is 149 Å². The third-order valence-electron chi connectivity index (χ3n) is 3.71. The van der Waals surface area contributed by atoms with E-state index >= 15 is 0 Å². The molecule has 0 N–H and O–H groups in total. The second kappa shape index (κ2) is 7.44. The number of hydrogen-bond acceptors (Lipinski definition) is 3. The van der Waals surface area contributed by atoms with Crippen LogP contribution in [0.4, 0.5) is 4.39 Å². The molecule has 2 aromatic heterocycles. The van der Waals surface area contributed by atoms with Crippen LogP contribution in [0.25, 0.3) is 16.5 Å². The van der Waals surface area contributed by atoms with Crippen molar-refractivity contribution in [2.45, 2.75) is 6.54 Å². The molecule has 0 atom stereocenters. The van der Waals surface area contributed by atoms with E-state index in [1.165, 1.54) is 23.5 Å². The zero-order valence-corrected chi connectivity index (χ0v) is 14.8. The fourth-order valence-electron chi connectivity index (χ4n) is 2.43. The molecular weight excluding hydrogens is 337 g/mol. The maximum Gasteiger partial charge on any atom is 0.246 e. The first-order chi connectivity index (χ1) is 12.0. The summed E-state index contributed by atoms with van der Waals surface area (Å²) in [5.74, 6) is -0.336. The summed E-state index contributed by atoms with van der Waals surface area (Å²) in [6.07, 6.45) is 6.92. The predicted octanol–water partition coefficient (Wildman–Crippen LogP) is 3.96. The summed E-state index contributed by atoms with van der Waals surface area (Å²) in [5.41, 5.74) is 1.55. The van der Waals surface area contributed by atoms with Crippen LogP contribution in [0.3, 0.4) is 0 Å². The lowest BCUT2D eigenvalue weighted by Gasteiger charge is -2.13. The lowest BCUT2D eigenvalue weighted by Crippen LogP contribution is -2.23. The van der Waals surface area contributed by atoms with Crippen molar-refractivity contribution in [3.05, 3.63) is 71.1 Å². The van der Waals surface area contributed by atoms with E-state index in [1.807, 2.05) is 31.4 Å². The molecule has 0 unspecified atom stereocenters. The average Bonchev–Trinajstić information content (AvgIpc) is 3.22. The van der Waals surface area contributed by atoms with Crippen LogP contribution in [0.2, 0.25) is 0 Å². The highest BCUT2D eigenvalue weighted by atomic mass is 32.1. The number of rotatable bonds is 5. The Bertz CT molecular complexity index is 913. The third kappa shape index (κ3) is 4.22. The standard InChI is InChI=1S/C19H18FN3OS/c1-22(12-14-11-21-23(2)13-14)19(24)10-8-15-7-9-18(25-15)16-5-3-4-6-17(16)20/h3-11,13H,12H2,1-2H3/b10-8+. The molecule has 4 nitrogen and oxygen atoms in total. The molecule has 0 aliphatic heterocycles. The van der Waals surface area contributed by atoms with Crippen molar-refractivity contribution in [1.82, 2.24) is 14.7 Å². The highest BCUT2D eigenvalue weighted by Gasteiger charge is 2.09. The molecule has 0 fully saturated rings. The van der Waals surface area contributed by atoms with Crippen molar-refractivity contribution < 1.29 is 9.18 Å². The number of likely N-dealkylation sites (N-methyl/N-ethyl adjacent to an activating group) is 1. The lowest BCUT2D eigenvalue weighted by atomic mass is 10.2. The van der Waals surface area contributed by atoms with Crippen molar-refractivity contribution in [3.8, 4) is 10.4 Å². The maximum atomic E-state index is 13.8. The molecule has 0 aliphatic carbocycles. The van der Waals surface area contributed by atoms with E-state index in [1.54, 1.807) is 41.0 Å². The third-order valence-corrected chi connectivity index (χ3v) is 4.79. The van der Waals surface area contributed by atoms with Crippen LogP contribution in [0.1, 0.15) is 10.4 Å². The van der Waals surface area contributed by atoms with Crippen LogP contribution < -0.4 is 0 Å². The molecule has 1 amide bonds. The maximum absolute atomic E-state index is 13.8. The van der Waals surface area contributed by atoms with Gasteiger partial charge in [0.05, 0.1) is 6.20 Å². The molecule has 0 spiro atoms. The molecule has 25 heavy (non-hydrogen) atoms. The minimum absolute atomic E-state index is 0.0929. The first kappa shape index (κ1) is 17.1. The van der Waals surface area contributed by atoms with E-state index < -0.39 is 0 Å². The molecule has 1 aromatic carbocycles. The summed E-state index contributed by atoms with van der Waals surface area (Å²) in [6.45, 7) is 0.502. The van der Waals surface area contributed by atoms with Gasteiger partial charge in [0, 0.05) is 53.8 Å². The Morgan fingerprint density at radius 2 is 2.12 bits per heavy atom.